The first-order chi connectivity index (χ1) is 12.9. The van der Waals surface area contributed by atoms with Gasteiger partial charge >= 0.3 is 0 Å². The van der Waals surface area contributed by atoms with E-state index < -0.39 is 11.8 Å². The van der Waals surface area contributed by atoms with Gasteiger partial charge in [0.15, 0.2) is 5.11 Å². The maximum Gasteiger partial charge on any atom is 0.265 e. The molecule has 7 heteroatoms. The van der Waals surface area contributed by atoms with Crippen LogP contribution in [0.5, 0.6) is 11.5 Å². The lowest BCUT2D eigenvalue weighted by Gasteiger charge is -2.35. The topological polar surface area (TPSA) is 59.1 Å². The van der Waals surface area contributed by atoms with Crippen molar-refractivity contribution in [2.45, 2.75) is 20.8 Å². The summed E-state index contributed by atoms with van der Waals surface area (Å²) < 4.78 is 10.9. The minimum absolute atomic E-state index is 0.0476. The molecule has 144 valence electrons. The van der Waals surface area contributed by atoms with Gasteiger partial charge in [0.05, 0.1) is 14.2 Å². The van der Waals surface area contributed by atoms with E-state index in [2.05, 4.69) is 0 Å². The lowest BCUT2D eigenvalue weighted by Crippen LogP contribution is -2.55. The Morgan fingerprint density at radius 3 is 1.89 bits per heavy atom. The van der Waals surface area contributed by atoms with Gasteiger partial charge in [0.2, 0.25) is 0 Å². The van der Waals surface area contributed by atoms with E-state index in [1.165, 1.54) is 9.80 Å². The first-order valence-electron chi connectivity index (χ1n) is 8.71. The van der Waals surface area contributed by atoms with Crippen molar-refractivity contribution in [2.24, 2.45) is 0 Å². The number of hydrogen-bond acceptors (Lipinski definition) is 5. The molecule has 0 aliphatic carbocycles. The Morgan fingerprint density at radius 2 is 1.44 bits per heavy atom. The molecule has 1 saturated heterocycles. The third-order valence-corrected chi connectivity index (χ3v) is 4.71. The molecule has 1 aromatic carbocycles. The highest BCUT2D eigenvalue weighted by atomic mass is 32.1. The van der Waals surface area contributed by atoms with Gasteiger partial charge in [-0.1, -0.05) is 12.2 Å². The number of carbonyl (C=O) groups is 2. The lowest BCUT2D eigenvalue weighted by molar-refractivity contribution is -0.133. The van der Waals surface area contributed by atoms with Gasteiger partial charge < -0.3 is 9.47 Å². The van der Waals surface area contributed by atoms with Gasteiger partial charge in [0.25, 0.3) is 11.8 Å². The van der Waals surface area contributed by atoms with Gasteiger partial charge in [0.1, 0.15) is 17.1 Å². The number of allylic oxidation sites excluding steroid dienone is 1. The molecular weight excluding hydrogens is 364 g/mol. The number of likely N-dealkylation sites (N-methyl/N-ethyl adjacent to an activating group) is 2. The van der Waals surface area contributed by atoms with Gasteiger partial charge in [0, 0.05) is 24.2 Å². The molecule has 0 bridgehead atoms. The first kappa shape index (κ1) is 20.6. The molecule has 2 amide bonds. The van der Waals surface area contributed by atoms with Crippen molar-refractivity contribution < 1.29 is 19.1 Å². The van der Waals surface area contributed by atoms with Gasteiger partial charge in [-0.05, 0) is 51.2 Å². The highest BCUT2D eigenvalue weighted by molar-refractivity contribution is 7.80. The van der Waals surface area contributed by atoms with Crippen LogP contribution in [0.2, 0.25) is 0 Å². The minimum Gasteiger partial charge on any atom is -0.496 e. The number of methoxy groups -OCH3 is 2. The standard InChI is InChI=1S/C20H24N2O4S/c1-6-9-13-11-17(26-5)14(12-16(13)25-4)10-15-18(23)21(7-2)20(27)22(8-3)19(15)24/h6,9-12H,7-8H2,1-5H3/b9-6+. The van der Waals surface area contributed by atoms with E-state index in [1.807, 2.05) is 39.0 Å². The van der Waals surface area contributed by atoms with Crippen LogP contribution in [0.4, 0.5) is 0 Å². The largest absolute Gasteiger partial charge is 0.496 e. The van der Waals surface area contributed by atoms with E-state index >= 15 is 0 Å². The van der Waals surface area contributed by atoms with Crippen molar-refractivity contribution in [1.82, 2.24) is 9.80 Å². The summed E-state index contributed by atoms with van der Waals surface area (Å²) in [6.45, 7) is 6.32. The molecular formula is C20H24N2O4S. The van der Waals surface area contributed by atoms with Crippen molar-refractivity contribution in [1.29, 1.82) is 0 Å². The molecule has 1 aromatic rings. The quantitative estimate of drug-likeness (QED) is 0.426. The van der Waals surface area contributed by atoms with Crippen LogP contribution in [0.1, 0.15) is 31.9 Å². The Labute approximate surface area is 165 Å². The Kier molecular flexibility index (Phi) is 6.74. The Balaban J connectivity index is 2.63. The fraction of sp³-hybridized carbons (Fsp3) is 0.350. The van der Waals surface area contributed by atoms with Crippen molar-refractivity contribution in [3.05, 3.63) is 34.9 Å². The zero-order valence-corrected chi connectivity index (χ0v) is 17.1. The molecule has 0 radical (unpaired) electrons. The summed E-state index contributed by atoms with van der Waals surface area (Å²) in [5.74, 6) is 0.342. The zero-order valence-electron chi connectivity index (χ0n) is 16.2. The Bertz CT molecular complexity index is 802. The normalized spacial score (nSPS) is 15.0. The Hall–Kier alpha value is -2.67. The summed E-state index contributed by atoms with van der Waals surface area (Å²) in [4.78, 5) is 28.5. The highest BCUT2D eigenvalue weighted by Gasteiger charge is 2.38. The maximum atomic E-state index is 12.8. The molecule has 1 fully saturated rings. The summed E-state index contributed by atoms with van der Waals surface area (Å²) in [7, 11) is 3.11. The van der Waals surface area contributed by atoms with Crippen molar-refractivity contribution >= 4 is 41.3 Å². The second kappa shape index (κ2) is 8.81. The lowest BCUT2D eigenvalue weighted by atomic mass is 10.0. The van der Waals surface area contributed by atoms with Crippen molar-refractivity contribution in [2.75, 3.05) is 27.3 Å². The smallest absolute Gasteiger partial charge is 0.265 e. The predicted molar refractivity (Wildman–Crippen MR) is 110 cm³/mol. The second-order valence-electron chi connectivity index (χ2n) is 5.78. The number of rotatable bonds is 6. The molecule has 0 saturated carbocycles. The number of ether oxygens (including phenoxy) is 2. The number of benzene rings is 1. The summed E-state index contributed by atoms with van der Waals surface area (Å²) in [6.07, 6.45) is 5.33. The van der Waals surface area contributed by atoms with Crippen LogP contribution in [0.25, 0.3) is 12.2 Å². The highest BCUT2D eigenvalue weighted by Crippen LogP contribution is 2.32. The van der Waals surface area contributed by atoms with E-state index in [0.29, 0.717) is 30.2 Å². The molecule has 0 atom stereocenters. The third kappa shape index (κ3) is 3.88. The van der Waals surface area contributed by atoms with E-state index in [4.69, 9.17) is 21.7 Å². The SMILES string of the molecule is C/C=C/c1cc(OC)c(C=C2C(=O)N(CC)C(=S)N(CC)C2=O)cc1OC. The van der Waals surface area contributed by atoms with Gasteiger partial charge in [-0.3, -0.25) is 19.4 Å². The van der Waals surface area contributed by atoms with Crippen molar-refractivity contribution in [3.8, 4) is 11.5 Å². The molecule has 0 N–H and O–H groups in total. The molecule has 2 rings (SSSR count). The number of amides is 2. The van der Waals surface area contributed by atoms with E-state index in [9.17, 15) is 9.59 Å². The molecule has 0 spiro atoms. The molecule has 6 nitrogen and oxygen atoms in total. The number of carbonyl (C=O) groups excluding carboxylic acids is 2. The average molecular weight is 388 g/mol. The summed E-state index contributed by atoms with van der Waals surface area (Å²) >= 11 is 5.28. The van der Waals surface area contributed by atoms with Crippen molar-refractivity contribution in [3.63, 3.8) is 0 Å². The first-order valence-corrected chi connectivity index (χ1v) is 9.12. The molecule has 0 aromatic heterocycles. The number of thiocarbonyl (C=S) groups is 1. The van der Waals surface area contributed by atoms with E-state index in [-0.39, 0.29) is 10.7 Å². The number of hydrogen-bond donors (Lipinski definition) is 0. The van der Waals surface area contributed by atoms with Gasteiger partial charge in [-0.25, -0.2) is 0 Å². The predicted octanol–water partition coefficient (Wildman–Crippen LogP) is 3.12. The fourth-order valence-electron chi connectivity index (χ4n) is 2.91. The maximum absolute atomic E-state index is 12.8. The Morgan fingerprint density at radius 1 is 0.963 bits per heavy atom. The summed E-state index contributed by atoms with van der Waals surface area (Å²) in [5, 5.41) is 0.236. The molecule has 1 heterocycles. The van der Waals surface area contributed by atoms with E-state index in [1.54, 1.807) is 26.4 Å². The summed E-state index contributed by atoms with van der Waals surface area (Å²) in [6, 6.07) is 3.56. The fourth-order valence-corrected chi connectivity index (χ4v) is 3.33. The monoisotopic (exact) mass is 388 g/mol. The van der Waals surface area contributed by atoms with Gasteiger partial charge in [-0.2, -0.15) is 0 Å². The van der Waals surface area contributed by atoms with Crippen LogP contribution in [0.15, 0.2) is 23.8 Å². The van der Waals surface area contributed by atoms with Crippen LogP contribution in [0, 0.1) is 0 Å². The average Bonchev–Trinajstić information content (AvgIpc) is 2.66. The van der Waals surface area contributed by atoms with Crippen LogP contribution >= 0.6 is 12.2 Å². The molecule has 1 aliphatic heterocycles. The van der Waals surface area contributed by atoms with Crippen LogP contribution in [0.3, 0.4) is 0 Å². The molecule has 0 unspecified atom stereocenters. The summed E-state index contributed by atoms with van der Waals surface area (Å²) in [5.41, 5.74) is 1.47. The van der Waals surface area contributed by atoms with Crippen LogP contribution in [-0.4, -0.2) is 54.0 Å². The third-order valence-electron chi connectivity index (χ3n) is 4.27. The van der Waals surface area contributed by atoms with E-state index in [0.717, 1.165) is 5.56 Å². The van der Waals surface area contributed by atoms with Gasteiger partial charge in [-0.15, -0.1) is 0 Å². The molecule has 27 heavy (non-hydrogen) atoms. The van der Waals surface area contributed by atoms with Crippen LogP contribution in [-0.2, 0) is 9.59 Å². The second-order valence-corrected chi connectivity index (χ2v) is 6.14. The molecule has 1 aliphatic rings. The zero-order chi connectivity index (χ0) is 20.1. The number of nitrogens with zero attached hydrogens (tertiary/aromatic N) is 2. The minimum atomic E-state index is -0.407. The van der Waals surface area contributed by atoms with Crippen LogP contribution < -0.4 is 9.47 Å².